The summed E-state index contributed by atoms with van der Waals surface area (Å²) in [5.74, 6) is -0.0695. The fourth-order valence-electron chi connectivity index (χ4n) is 4.51. The maximum Gasteiger partial charge on any atom is 0.335 e. The first kappa shape index (κ1) is 28.7. The minimum atomic E-state index is -0.915. The SMILES string of the molecule is CN(C)C(=O)CCSC(CCc1cccc(C(=O)O)c1)c1cccc(CCc2ccc3ccc(Cl)cc3n2)c1. The van der Waals surface area contributed by atoms with E-state index in [1.807, 2.05) is 24.3 Å². The molecule has 1 heterocycles. The summed E-state index contributed by atoms with van der Waals surface area (Å²) in [6, 6.07) is 25.7. The van der Waals surface area contributed by atoms with E-state index in [1.165, 1.54) is 11.1 Å². The molecule has 5 nitrogen and oxygen atoms in total. The summed E-state index contributed by atoms with van der Waals surface area (Å²) in [5, 5.41) is 11.3. The fraction of sp³-hybridized carbons (Fsp3) is 0.281. The van der Waals surface area contributed by atoms with Gasteiger partial charge in [-0.1, -0.05) is 60.1 Å². The van der Waals surface area contributed by atoms with E-state index in [0.29, 0.717) is 17.0 Å². The number of carbonyl (C=O) groups is 2. The zero-order chi connectivity index (χ0) is 27.8. The lowest BCUT2D eigenvalue weighted by Gasteiger charge is -2.19. The Morgan fingerprint density at radius 1 is 0.923 bits per heavy atom. The molecule has 0 saturated carbocycles. The molecule has 0 spiro atoms. The van der Waals surface area contributed by atoms with Gasteiger partial charge in [0, 0.05) is 47.6 Å². The fourth-order valence-corrected chi connectivity index (χ4v) is 5.88. The Bertz CT molecular complexity index is 1460. The minimum absolute atomic E-state index is 0.119. The van der Waals surface area contributed by atoms with Gasteiger partial charge in [0.15, 0.2) is 0 Å². The van der Waals surface area contributed by atoms with Crippen molar-refractivity contribution < 1.29 is 14.7 Å². The van der Waals surface area contributed by atoms with Crippen LogP contribution in [0.25, 0.3) is 10.9 Å². The van der Waals surface area contributed by atoms with E-state index in [9.17, 15) is 14.7 Å². The van der Waals surface area contributed by atoms with Gasteiger partial charge in [0.05, 0.1) is 11.1 Å². The predicted octanol–water partition coefficient (Wildman–Crippen LogP) is 7.26. The number of aromatic carboxylic acids is 1. The Labute approximate surface area is 239 Å². The highest BCUT2D eigenvalue weighted by Gasteiger charge is 2.15. The van der Waals surface area contributed by atoms with Crippen molar-refractivity contribution in [2.24, 2.45) is 0 Å². The lowest BCUT2D eigenvalue weighted by Crippen LogP contribution is -2.21. The lowest BCUT2D eigenvalue weighted by molar-refractivity contribution is -0.128. The van der Waals surface area contributed by atoms with Gasteiger partial charge in [0.25, 0.3) is 0 Å². The van der Waals surface area contributed by atoms with Gasteiger partial charge >= 0.3 is 5.97 Å². The number of amides is 1. The number of hydrogen-bond donors (Lipinski definition) is 1. The molecule has 0 radical (unpaired) electrons. The smallest absolute Gasteiger partial charge is 0.335 e. The number of hydrogen-bond acceptors (Lipinski definition) is 4. The summed E-state index contributed by atoms with van der Waals surface area (Å²) in [6.45, 7) is 0. The van der Waals surface area contributed by atoms with Crippen molar-refractivity contribution in [3.05, 3.63) is 112 Å². The van der Waals surface area contributed by atoms with E-state index >= 15 is 0 Å². The molecule has 4 aromatic rings. The summed E-state index contributed by atoms with van der Waals surface area (Å²) < 4.78 is 0. The second-order valence-corrected chi connectivity index (χ2v) is 11.6. The van der Waals surface area contributed by atoms with Crippen LogP contribution in [-0.4, -0.2) is 46.7 Å². The average Bonchev–Trinajstić information content (AvgIpc) is 2.93. The quantitative estimate of drug-likeness (QED) is 0.197. The molecule has 1 atom stereocenters. The maximum absolute atomic E-state index is 12.2. The number of nitrogens with zero attached hydrogens (tertiary/aromatic N) is 2. The molecule has 0 bridgehead atoms. The molecule has 7 heteroatoms. The third kappa shape index (κ3) is 8.32. The third-order valence-corrected chi connectivity index (χ3v) is 8.29. The van der Waals surface area contributed by atoms with Gasteiger partial charge in [-0.15, -0.1) is 0 Å². The van der Waals surface area contributed by atoms with Gasteiger partial charge in [0.1, 0.15) is 0 Å². The van der Waals surface area contributed by atoms with Crippen molar-refractivity contribution >= 4 is 46.1 Å². The second kappa shape index (κ2) is 13.6. The van der Waals surface area contributed by atoms with E-state index in [2.05, 4.69) is 36.4 Å². The summed E-state index contributed by atoms with van der Waals surface area (Å²) in [6.07, 6.45) is 3.78. The van der Waals surface area contributed by atoms with E-state index in [0.717, 1.165) is 53.6 Å². The van der Waals surface area contributed by atoms with Crippen molar-refractivity contribution in [3.63, 3.8) is 0 Å². The molecule has 1 amide bonds. The monoisotopic (exact) mass is 560 g/mol. The molecule has 202 valence electrons. The van der Waals surface area contributed by atoms with Gasteiger partial charge < -0.3 is 10.0 Å². The van der Waals surface area contributed by atoms with Crippen molar-refractivity contribution in [1.29, 1.82) is 0 Å². The molecule has 1 aromatic heterocycles. The molecule has 0 aliphatic carbocycles. The number of fused-ring (bicyclic) bond motifs is 1. The van der Waals surface area contributed by atoms with Crippen LogP contribution in [0.2, 0.25) is 5.02 Å². The van der Waals surface area contributed by atoms with Gasteiger partial charge in [-0.05, 0) is 72.7 Å². The number of thioether (sulfide) groups is 1. The van der Waals surface area contributed by atoms with E-state index in [1.54, 1.807) is 49.0 Å². The van der Waals surface area contributed by atoms with Crippen molar-refractivity contribution in [2.45, 2.75) is 37.4 Å². The molecule has 0 fully saturated rings. The molecular weight excluding hydrogens is 528 g/mol. The highest BCUT2D eigenvalue weighted by Crippen LogP contribution is 2.34. The molecule has 1 unspecified atom stereocenters. The van der Waals surface area contributed by atoms with Crippen LogP contribution < -0.4 is 0 Å². The van der Waals surface area contributed by atoms with Crippen LogP contribution >= 0.6 is 23.4 Å². The van der Waals surface area contributed by atoms with Crippen LogP contribution in [0.1, 0.15) is 50.8 Å². The zero-order valence-corrected chi connectivity index (χ0v) is 23.8. The molecular formula is C32H33ClN2O3S. The van der Waals surface area contributed by atoms with Crippen LogP contribution in [0.15, 0.2) is 78.9 Å². The molecule has 0 saturated heterocycles. The normalized spacial score (nSPS) is 11.9. The number of pyridine rings is 1. The van der Waals surface area contributed by atoms with Gasteiger partial charge in [0.2, 0.25) is 5.91 Å². The number of carbonyl (C=O) groups excluding carboxylic acids is 1. The van der Waals surface area contributed by atoms with Gasteiger partial charge in [-0.2, -0.15) is 11.8 Å². The first-order chi connectivity index (χ1) is 18.8. The lowest BCUT2D eigenvalue weighted by atomic mass is 9.99. The second-order valence-electron chi connectivity index (χ2n) is 9.83. The number of carboxylic acids is 1. The van der Waals surface area contributed by atoms with Crippen LogP contribution in [-0.2, 0) is 24.1 Å². The number of aryl methyl sites for hydroxylation is 3. The van der Waals surface area contributed by atoms with Crippen molar-refractivity contribution in [1.82, 2.24) is 9.88 Å². The topological polar surface area (TPSA) is 70.5 Å². The summed E-state index contributed by atoms with van der Waals surface area (Å²) in [5.41, 5.74) is 5.71. The molecule has 0 aliphatic heterocycles. The van der Waals surface area contributed by atoms with Crippen LogP contribution in [0.5, 0.6) is 0 Å². The van der Waals surface area contributed by atoms with E-state index in [-0.39, 0.29) is 11.2 Å². The number of carboxylic acid groups (broad SMARTS) is 1. The van der Waals surface area contributed by atoms with Crippen molar-refractivity contribution in [3.8, 4) is 0 Å². The van der Waals surface area contributed by atoms with Crippen LogP contribution in [0, 0.1) is 0 Å². The number of benzene rings is 3. The maximum atomic E-state index is 12.2. The Morgan fingerprint density at radius 3 is 2.44 bits per heavy atom. The summed E-state index contributed by atoms with van der Waals surface area (Å²) in [4.78, 5) is 30.0. The predicted molar refractivity (Wildman–Crippen MR) is 161 cm³/mol. The number of halogens is 1. The molecule has 0 aliphatic rings. The summed E-state index contributed by atoms with van der Waals surface area (Å²) in [7, 11) is 3.56. The molecule has 3 aromatic carbocycles. The first-order valence-electron chi connectivity index (χ1n) is 13.1. The largest absolute Gasteiger partial charge is 0.478 e. The third-order valence-electron chi connectivity index (χ3n) is 6.71. The highest BCUT2D eigenvalue weighted by atomic mass is 35.5. The average molecular weight is 561 g/mol. The highest BCUT2D eigenvalue weighted by molar-refractivity contribution is 7.99. The molecule has 1 N–H and O–H groups in total. The Hall–Kier alpha value is -3.35. The van der Waals surface area contributed by atoms with Crippen molar-refractivity contribution in [2.75, 3.05) is 19.8 Å². The Kier molecular flexibility index (Phi) is 10.0. The van der Waals surface area contributed by atoms with Gasteiger partial charge in [-0.25, -0.2) is 4.79 Å². The molecule has 39 heavy (non-hydrogen) atoms. The van der Waals surface area contributed by atoms with Gasteiger partial charge in [-0.3, -0.25) is 9.78 Å². The Morgan fingerprint density at radius 2 is 1.67 bits per heavy atom. The number of aromatic nitrogens is 1. The standard InChI is InChI=1S/C32H33ClN2O3S/c1-35(2)31(36)17-18-39-30(16-10-23-6-4-8-26(20-23)32(37)38)25-7-3-5-22(19-25)9-14-28-15-12-24-11-13-27(33)21-29(24)34-28/h3-8,11-13,15,19-21,30H,9-10,14,16-18H2,1-2H3,(H,37,38). The first-order valence-corrected chi connectivity index (χ1v) is 14.5. The summed E-state index contributed by atoms with van der Waals surface area (Å²) >= 11 is 7.94. The number of rotatable bonds is 12. The minimum Gasteiger partial charge on any atom is -0.478 e. The Balaban J connectivity index is 1.47. The van der Waals surface area contributed by atoms with E-state index < -0.39 is 5.97 Å². The molecule has 4 rings (SSSR count). The van der Waals surface area contributed by atoms with Crippen LogP contribution in [0.4, 0.5) is 0 Å². The van der Waals surface area contributed by atoms with Crippen LogP contribution in [0.3, 0.4) is 0 Å². The van der Waals surface area contributed by atoms with E-state index in [4.69, 9.17) is 16.6 Å². The zero-order valence-electron chi connectivity index (χ0n) is 22.3.